The van der Waals surface area contributed by atoms with Crippen LogP contribution in [-0.2, 0) is 19.4 Å². The van der Waals surface area contributed by atoms with E-state index in [0.717, 1.165) is 12.0 Å². The van der Waals surface area contributed by atoms with Crippen molar-refractivity contribution in [3.63, 3.8) is 0 Å². The van der Waals surface area contributed by atoms with Crippen LogP contribution in [0.1, 0.15) is 287 Å². The number of benzene rings is 1. The Morgan fingerprint density at radius 1 is 0.288 bits per heavy atom. The molecule has 0 saturated heterocycles. The Hall–Kier alpha value is -0.820. The third-order valence-corrected chi connectivity index (χ3v) is 12.1. The number of unbranched alkanes of at least 4 members (excludes halogenated alkanes) is 38. The zero-order valence-electron chi connectivity index (χ0n) is 36.1. The van der Waals surface area contributed by atoms with Gasteiger partial charge in [-0.05, 0) is 42.4 Å². The Morgan fingerprint density at radius 3 is 0.808 bits per heavy atom. The molecule has 1 nitrogen and oxygen atoms in total. The predicted octanol–water partition coefficient (Wildman–Crippen LogP) is 17.9. The maximum Gasteiger partial charge on any atom is 0.0684 e. The van der Waals surface area contributed by atoms with Gasteiger partial charge in [-0.25, -0.2) is 0 Å². The first-order valence-electron chi connectivity index (χ1n) is 24.5. The molecule has 0 aliphatic carbocycles. The molecule has 0 bridgehead atoms. The minimum atomic E-state index is 0.189. The van der Waals surface area contributed by atoms with Crippen molar-refractivity contribution in [2.75, 3.05) is 0 Å². The van der Waals surface area contributed by atoms with Crippen LogP contribution >= 0.6 is 0 Å². The fraction of sp³-hybridized carbons (Fsp3) is 0.882. The highest BCUT2D eigenvalue weighted by atomic mass is 16.3. The molecule has 0 aliphatic heterocycles. The van der Waals surface area contributed by atoms with Gasteiger partial charge in [0.05, 0.1) is 6.61 Å². The molecule has 0 amide bonds. The van der Waals surface area contributed by atoms with Crippen molar-refractivity contribution in [3.8, 4) is 0 Å². The minimum absolute atomic E-state index is 0.189. The van der Waals surface area contributed by atoms with Gasteiger partial charge in [0.2, 0.25) is 0 Å². The van der Waals surface area contributed by atoms with E-state index in [2.05, 4.69) is 32.0 Å². The lowest BCUT2D eigenvalue weighted by atomic mass is 9.96. The molecule has 0 aromatic heterocycles. The standard InChI is InChI=1S/C51H96O/c1-3-5-7-9-11-13-15-17-19-21-23-25-27-29-31-33-35-37-39-41-43-49-45-46-51(48-52)50(47-49)44-42-40-38-36-34-32-30-28-26-24-22-20-18-16-14-12-10-8-6-4-2/h45-47,52H,3-44,48H2,1-2H3. The van der Waals surface area contributed by atoms with Crippen LogP contribution < -0.4 is 0 Å². The normalized spacial score (nSPS) is 11.6. The molecule has 52 heavy (non-hydrogen) atoms. The molecule has 0 atom stereocenters. The largest absolute Gasteiger partial charge is 0.392 e. The van der Waals surface area contributed by atoms with Crippen LogP contribution in [0.25, 0.3) is 0 Å². The molecule has 0 spiro atoms. The topological polar surface area (TPSA) is 20.2 Å². The van der Waals surface area contributed by atoms with Crippen LogP contribution in [0.2, 0.25) is 0 Å². The summed E-state index contributed by atoms with van der Waals surface area (Å²) in [5, 5.41) is 9.93. The summed E-state index contributed by atoms with van der Waals surface area (Å²) in [5.74, 6) is 0. The summed E-state index contributed by atoms with van der Waals surface area (Å²) in [7, 11) is 0. The first-order valence-corrected chi connectivity index (χ1v) is 24.5. The maximum absolute atomic E-state index is 9.93. The van der Waals surface area contributed by atoms with E-state index in [1.165, 1.54) is 274 Å². The maximum atomic E-state index is 9.93. The lowest BCUT2D eigenvalue weighted by Crippen LogP contribution is -1.97. The van der Waals surface area contributed by atoms with Crippen molar-refractivity contribution in [1.29, 1.82) is 0 Å². The zero-order valence-corrected chi connectivity index (χ0v) is 36.1. The Kier molecular flexibility index (Phi) is 39.1. The van der Waals surface area contributed by atoms with E-state index in [1.54, 1.807) is 0 Å². The fourth-order valence-electron chi connectivity index (χ4n) is 8.38. The average Bonchev–Trinajstić information content (AvgIpc) is 3.16. The van der Waals surface area contributed by atoms with Gasteiger partial charge in [0, 0.05) is 0 Å². The number of hydrogen-bond acceptors (Lipinski definition) is 1. The van der Waals surface area contributed by atoms with Crippen LogP contribution in [0.15, 0.2) is 18.2 Å². The Bertz CT molecular complexity index is 813. The molecule has 1 heteroatoms. The summed E-state index contributed by atoms with van der Waals surface area (Å²) in [4.78, 5) is 0. The molecule has 0 unspecified atom stereocenters. The molecule has 1 rings (SSSR count). The summed E-state index contributed by atoms with van der Waals surface area (Å²) in [5.41, 5.74) is 4.06. The van der Waals surface area contributed by atoms with Crippen molar-refractivity contribution in [3.05, 3.63) is 34.9 Å². The number of aliphatic hydroxyl groups excluding tert-OH is 1. The number of rotatable bonds is 43. The molecular weight excluding hydrogens is 629 g/mol. The van der Waals surface area contributed by atoms with Crippen molar-refractivity contribution in [2.45, 2.75) is 290 Å². The van der Waals surface area contributed by atoms with Crippen LogP contribution in [0.5, 0.6) is 0 Å². The molecule has 0 radical (unpaired) electrons. The number of aryl methyl sites for hydroxylation is 2. The fourth-order valence-corrected chi connectivity index (χ4v) is 8.38. The second-order valence-corrected chi connectivity index (χ2v) is 17.2. The van der Waals surface area contributed by atoms with Gasteiger partial charge in [-0.2, -0.15) is 0 Å². The van der Waals surface area contributed by atoms with Crippen LogP contribution in [0.3, 0.4) is 0 Å². The molecule has 0 aliphatic rings. The Labute approximate surface area is 329 Å². The lowest BCUT2D eigenvalue weighted by molar-refractivity contribution is 0.280. The van der Waals surface area contributed by atoms with Crippen LogP contribution in [0, 0.1) is 0 Å². The minimum Gasteiger partial charge on any atom is -0.392 e. The predicted molar refractivity (Wildman–Crippen MR) is 236 cm³/mol. The van der Waals surface area contributed by atoms with Crippen LogP contribution in [-0.4, -0.2) is 5.11 Å². The highest BCUT2D eigenvalue weighted by molar-refractivity contribution is 5.32. The molecule has 0 saturated carbocycles. The molecule has 1 aromatic rings. The third-order valence-electron chi connectivity index (χ3n) is 12.1. The molecule has 1 aromatic carbocycles. The summed E-state index contributed by atoms with van der Waals surface area (Å²) < 4.78 is 0. The molecular formula is C51H96O. The third kappa shape index (κ3) is 33.7. The Balaban J connectivity index is 1.90. The highest BCUT2D eigenvalue weighted by Crippen LogP contribution is 2.20. The van der Waals surface area contributed by atoms with Crippen molar-refractivity contribution in [1.82, 2.24) is 0 Å². The van der Waals surface area contributed by atoms with Crippen LogP contribution in [0.4, 0.5) is 0 Å². The van der Waals surface area contributed by atoms with Gasteiger partial charge in [0.1, 0.15) is 0 Å². The van der Waals surface area contributed by atoms with Crippen molar-refractivity contribution < 1.29 is 5.11 Å². The lowest BCUT2D eigenvalue weighted by Gasteiger charge is -2.11. The average molecular weight is 725 g/mol. The van der Waals surface area contributed by atoms with Gasteiger partial charge in [-0.3, -0.25) is 0 Å². The van der Waals surface area contributed by atoms with E-state index in [1.807, 2.05) is 0 Å². The van der Waals surface area contributed by atoms with E-state index in [4.69, 9.17) is 0 Å². The highest BCUT2D eigenvalue weighted by Gasteiger charge is 2.05. The molecule has 0 fully saturated rings. The van der Waals surface area contributed by atoms with Crippen molar-refractivity contribution in [2.24, 2.45) is 0 Å². The number of hydrogen-bond donors (Lipinski definition) is 1. The van der Waals surface area contributed by atoms with E-state index >= 15 is 0 Å². The zero-order chi connectivity index (χ0) is 37.3. The molecule has 0 heterocycles. The van der Waals surface area contributed by atoms with E-state index in [-0.39, 0.29) is 6.61 Å². The quantitative estimate of drug-likeness (QED) is 0.0665. The van der Waals surface area contributed by atoms with Gasteiger partial charge >= 0.3 is 0 Å². The van der Waals surface area contributed by atoms with Gasteiger partial charge in [-0.15, -0.1) is 0 Å². The monoisotopic (exact) mass is 725 g/mol. The summed E-state index contributed by atoms with van der Waals surface area (Å²) in [6.07, 6.45) is 59.8. The Morgan fingerprint density at radius 2 is 0.538 bits per heavy atom. The SMILES string of the molecule is CCCCCCCCCCCCCCCCCCCCCCc1ccc(CO)c(CCCCCCCCCCCCCCCCCCCCCC)c1. The first-order chi connectivity index (χ1) is 25.8. The first kappa shape index (κ1) is 49.2. The smallest absolute Gasteiger partial charge is 0.0684 e. The summed E-state index contributed by atoms with van der Waals surface area (Å²) >= 11 is 0. The van der Waals surface area contributed by atoms with Gasteiger partial charge in [-0.1, -0.05) is 276 Å². The van der Waals surface area contributed by atoms with E-state index in [0.29, 0.717) is 0 Å². The molecule has 306 valence electrons. The van der Waals surface area contributed by atoms with E-state index < -0.39 is 0 Å². The van der Waals surface area contributed by atoms with Gasteiger partial charge in [0.25, 0.3) is 0 Å². The van der Waals surface area contributed by atoms with E-state index in [9.17, 15) is 5.11 Å². The van der Waals surface area contributed by atoms with Crippen molar-refractivity contribution >= 4 is 0 Å². The van der Waals surface area contributed by atoms with Gasteiger partial charge < -0.3 is 5.11 Å². The summed E-state index contributed by atoms with van der Waals surface area (Å²) in [6.45, 7) is 4.80. The van der Waals surface area contributed by atoms with Gasteiger partial charge in [0.15, 0.2) is 0 Å². The summed E-state index contributed by atoms with van der Waals surface area (Å²) in [6, 6.07) is 6.91. The second-order valence-electron chi connectivity index (χ2n) is 17.2. The molecule has 1 N–H and O–H groups in total. The number of aliphatic hydroxyl groups is 1. The second kappa shape index (κ2) is 41.3.